The summed E-state index contributed by atoms with van der Waals surface area (Å²) >= 11 is -5.66. The van der Waals surface area contributed by atoms with Crippen molar-refractivity contribution in [2.45, 2.75) is 76.5 Å². The van der Waals surface area contributed by atoms with Crippen molar-refractivity contribution >= 4 is 52.3 Å². The van der Waals surface area contributed by atoms with Crippen molar-refractivity contribution < 1.29 is 16.4 Å². The molecule has 1 heterocycles. The number of fused-ring (bicyclic) bond motifs is 5. The molecular formula is C54H55Cl2SiZr. The zero-order valence-corrected chi connectivity index (χ0v) is 41.1. The van der Waals surface area contributed by atoms with Crippen molar-refractivity contribution in [3.63, 3.8) is 0 Å². The molecular weight excluding hydrogens is 839 g/mol. The van der Waals surface area contributed by atoms with Crippen LogP contribution in [0.4, 0.5) is 0 Å². The summed E-state index contributed by atoms with van der Waals surface area (Å²) in [6, 6.07) is 39.2. The normalized spacial score (nSPS) is 17.9. The van der Waals surface area contributed by atoms with Crippen molar-refractivity contribution in [2.24, 2.45) is 11.8 Å². The Bertz CT molecular complexity index is 2640. The molecule has 9 rings (SSSR count). The van der Waals surface area contributed by atoms with E-state index in [1.807, 2.05) is 0 Å². The monoisotopic (exact) mass is 891 g/mol. The molecule has 0 bridgehead atoms. The number of allylic oxidation sites excluding steroid dienone is 2. The number of benzene rings is 6. The summed E-state index contributed by atoms with van der Waals surface area (Å²) in [5.41, 5.74) is 23.9. The van der Waals surface area contributed by atoms with Crippen molar-refractivity contribution in [2.75, 3.05) is 0 Å². The van der Waals surface area contributed by atoms with Gasteiger partial charge in [0.1, 0.15) is 0 Å². The van der Waals surface area contributed by atoms with Gasteiger partial charge in [0, 0.05) is 0 Å². The average Bonchev–Trinajstić information content (AvgIpc) is 3.92. The van der Waals surface area contributed by atoms with E-state index in [4.69, 9.17) is 0 Å². The van der Waals surface area contributed by atoms with E-state index in [0.717, 1.165) is 0 Å². The third kappa shape index (κ3) is 5.75. The first-order valence-electron chi connectivity index (χ1n) is 21.2. The van der Waals surface area contributed by atoms with Gasteiger partial charge < -0.3 is 0 Å². The molecule has 0 nitrogen and oxygen atoms in total. The molecule has 4 heteroatoms. The fraction of sp³-hybridized carbons (Fsp3) is 0.259. The predicted molar refractivity (Wildman–Crippen MR) is 254 cm³/mol. The first kappa shape index (κ1) is 39.9. The Morgan fingerprint density at radius 1 is 0.466 bits per heavy atom. The van der Waals surface area contributed by atoms with Crippen LogP contribution in [0.25, 0.3) is 45.5 Å². The summed E-state index contributed by atoms with van der Waals surface area (Å²) in [6.07, 6.45) is 5.04. The molecule has 0 amide bonds. The first-order valence-corrected chi connectivity index (χ1v) is 33.1. The van der Waals surface area contributed by atoms with E-state index >= 15 is 0 Å². The first-order chi connectivity index (χ1) is 27.6. The van der Waals surface area contributed by atoms with E-state index in [9.17, 15) is 17.0 Å². The molecule has 0 radical (unpaired) electrons. The Kier molecular flexibility index (Phi) is 9.84. The van der Waals surface area contributed by atoms with Crippen LogP contribution in [0.3, 0.4) is 0 Å². The summed E-state index contributed by atoms with van der Waals surface area (Å²) in [5.74, 6) is 0.499. The van der Waals surface area contributed by atoms with Crippen LogP contribution < -0.4 is 13.6 Å². The van der Waals surface area contributed by atoms with Gasteiger partial charge in [-0.25, -0.2) is 0 Å². The zero-order valence-electron chi connectivity index (χ0n) is 35.7. The fourth-order valence-corrected chi connectivity index (χ4v) is 39.3. The van der Waals surface area contributed by atoms with Gasteiger partial charge in [-0.2, -0.15) is 0 Å². The van der Waals surface area contributed by atoms with Crippen LogP contribution in [-0.4, -0.2) is 9.52 Å². The van der Waals surface area contributed by atoms with Gasteiger partial charge in [0.15, 0.2) is 0 Å². The van der Waals surface area contributed by atoms with Crippen LogP contribution in [0.15, 0.2) is 114 Å². The minimum absolute atomic E-state index is 0.110. The second kappa shape index (κ2) is 14.3. The molecule has 0 saturated heterocycles. The summed E-state index contributed by atoms with van der Waals surface area (Å²) in [5, 5.41) is 2.96. The Labute approximate surface area is 357 Å². The molecule has 0 N–H and O–H groups in total. The van der Waals surface area contributed by atoms with E-state index in [1.165, 1.54) is 114 Å². The number of halogens is 2. The second-order valence-corrected chi connectivity index (χ2v) is 40.7. The van der Waals surface area contributed by atoms with Gasteiger partial charge in [-0.3, -0.25) is 0 Å². The topological polar surface area (TPSA) is 0 Å². The van der Waals surface area contributed by atoms with Crippen LogP contribution in [0, 0.1) is 53.4 Å². The maximum absolute atomic E-state index is 9.36. The summed E-state index contributed by atoms with van der Waals surface area (Å²) in [6.45, 7) is 22.9. The molecule has 6 aromatic carbocycles. The zero-order chi connectivity index (χ0) is 41.0. The molecule has 2 atom stereocenters. The van der Waals surface area contributed by atoms with Crippen molar-refractivity contribution in [3.8, 4) is 33.4 Å². The van der Waals surface area contributed by atoms with Crippen molar-refractivity contribution in [1.29, 1.82) is 0 Å². The molecule has 2 unspecified atom stereocenters. The molecule has 1 aliphatic heterocycles. The molecule has 0 saturated carbocycles. The molecule has 0 aromatic heterocycles. The van der Waals surface area contributed by atoms with Crippen molar-refractivity contribution in [1.82, 2.24) is 0 Å². The Morgan fingerprint density at radius 2 is 0.914 bits per heavy atom. The molecule has 293 valence electrons. The van der Waals surface area contributed by atoms with Crippen LogP contribution in [0.1, 0.15) is 90.6 Å². The quantitative estimate of drug-likeness (QED) is 0.140. The molecule has 2 aliphatic carbocycles. The van der Waals surface area contributed by atoms with Gasteiger partial charge in [-0.15, -0.1) is 0 Å². The van der Waals surface area contributed by atoms with Gasteiger partial charge in [0.05, 0.1) is 0 Å². The van der Waals surface area contributed by atoms with Gasteiger partial charge in [-0.1, -0.05) is 0 Å². The van der Waals surface area contributed by atoms with E-state index in [1.54, 1.807) is 0 Å². The molecule has 6 aromatic rings. The van der Waals surface area contributed by atoms with Gasteiger partial charge in [0.2, 0.25) is 0 Å². The molecule has 0 spiro atoms. The van der Waals surface area contributed by atoms with Gasteiger partial charge in [0.25, 0.3) is 0 Å². The molecule has 58 heavy (non-hydrogen) atoms. The Morgan fingerprint density at radius 3 is 1.41 bits per heavy atom. The summed E-state index contributed by atoms with van der Waals surface area (Å²) in [4.78, 5) is 0. The van der Waals surface area contributed by atoms with E-state index in [2.05, 4.69) is 185 Å². The van der Waals surface area contributed by atoms with Crippen LogP contribution in [0.2, 0.25) is 0 Å². The van der Waals surface area contributed by atoms with Crippen LogP contribution in [-0.2, 0) is 16.4 Å². The molecule has 3 aliphatic rings. The predicted octanol–water partition coefficient (Wildman–Crippen LogP) is 13.2. The van der Waals surface area contributed by atoms with Gasteiger partial charge >= 0.3 is 360 Å². The SMILES string of the molecule is Cc1ccc(-c2cccc3c2C=C(C(C)C)[CH]3[Zr]([Cl])([Cl])([c]2cccc3c2[SiH2]c2ccccc2-3)[CH]2C(C(C)C)=Cc3c(-c4ccc(C)c(C)c4C)cccc32)c(C)c1C. The number of rotatable bonds is 7. The fourth-order valence-electron chi connectivity index (χ4n) is 11.1. The third-order valence-electron chi connectivity index (χ3n) is 14.6. The van der Waals surface area contributed by atoms with E-state index in [0.29, 0.717) is 0 Å². The summed E-state index contributed by atoms with van der Waals surface area (Å²) in [7, 11) is 17.9. The number of hydrogen-bond acceptors (Lipinski definition) is 0. The van der Waals surface area contributed by atoms with Gasteiger partial charge in [-0.05, 0) is 0 Å². The molecule has 0 fully saturated rings. The Hall–Kier alpha value is -3.52. The Balaban J connectivity index is 1.38. The maximum atomic E-state index is 9.36. The van der Waals surface area contributed by atoms with Crippen LogP contribution in [0.5, 0.6) is 0 Å². The van der Waals surface area contributed by atoms with E-state index in [-0.39, 0.29) is 19.1 Å². The average molecular weight is 894 g/mol. The number of hydrogen-bond donors (Lipinski definition) is 0. The minimum atomic E-state index is -5.66. The third-order valence-corrected chi connectivity index (χ3v) is 37.3. The summed E-state index contributed by atoms with van der Waals surface area (Å²) < 4.78 is 1.07. The van der Waals surface area contributed by atoms with E-state index < -0.39 is 25.9 Å². The van der Waals surface area contributed by atoms with Crippen molar-refractivity contribution in [3.05, 3.63) is 170 Å². The number of aryl methyl sites for hydroxylation is 2. The van der Waals surface area contributed by atoms with Crippen LogP contribution >= 0.6 is 17.0 Å². The standard InChI is InChI=1S/2C21H23.C12H9Si.2ClH.Zr/c2*1-13(2)18-11-17-7-6-8-20(21(17)12-18)19-10-9-14(3)15(4)16(19)5;1-3-7-11-9(5-1)10-6-2-4-8-12(10)13-11;;;/h2*6-13H,1-5H3;1-7H,13H2;2*1H;/q;;;;;+2/p-2. The second-order valence-electron chi connectivity index (χ2n) is 18.3.